The van der Waals surface area contributed by atoms with E-state index in [0.717, 1.165) is 26.9 Å². The van der Waals surface area contributed by atoms with Crippen molar-refractivity contribution in [3.63, 3.8) is 0 Å². The molecule has 0 spiro atoms. The van der Waals surface area contributed by atoms with E-state index < -0.39 is 0 Å². The molecule has 0 aliphatic carbocycles. The van der Waals surface area contributed by atoms with Gasteiger partial charge >= 0.3 is 0 Å². The van der Waals surface area contributed by atoms with E-state index >= 15 is 0 Å². The standard InChI is InChI=1S/C17H14N4S/c1-12-7-9-13(10-8-12)19-17-20-16-15(22-17)11-18-21(16)14-5-3-2-4-6-14/h2-11H,1H3,(H,19,20). The van der Waals surface area contributed by atoms with E-state index in [1.165, 1.54) is 5.56 Å². The molecule has 0 amide bonds. The number of nitrogens with one attached hydrogen (secondary N) is 1. The SMILES string of the molecule is Cc1ccc(Nc2nc3c(cnn3-c3ccccc3)s2)cc1. The third-order valence-electron chi connectivity index (χ3n) is 3.43. The van der Waals surface area contributed by atoms with Crippen LogP contribution in [0.15, 0.2) is 60.8 Å². The second kappa shape index (κ2) is 5.27. The van der Waals surface area contributed by atoms with E-state index in [1.54, 1.807) is 11.3 Å². The van der Waals surface area contributed by atoms with Gasteiger partial charge in [-0.25, -0.2) is 4.68 Å². The van der Waals surface area contributed by atoms with Gasteiger partial charge in [-0.1, -0.05) is 47.2 Å². The van der Waals surface area contributed by atoms with Gasteiger partial charge in [-0.05, 0) is 31.2 Å². The second-order valence-electron chi connectivity index (χ2n) is 5.09. The van der Waals surface area contributed by atoms with Crippen LogP contribution in [0.3, 0.4) is 0 Å². The molecule has 0 radical (unpaired) electrons. The number of thiazole rings is 1. The molecule has 0 unspecified atom stereocenters. The number of benzene rings is 2. The van der Waals surface area contributed by atoms with Crippen LogP contribution in [0.5, 0.6) is 0 Å². The first-order valence-corrected chi connectivity index (χ1v) is 7.85. The van der Waals surface area contributed by atoms with Crippen LogP contribution in [0, 0.1) is 6.92 Å². The van der Waals surface area contributed by atoms with Gasteiger partial charge in [0, 0.05) is 5.69 Å². The lowest BCUT2D eigenvalue weighted by Gasteiger charge is -2.03. The minimum absolute atomic E-state index is 0.876. The van der Waals surface area contributed by atoms with Crippen molar-refractivity contribution in [1.82, 2.24) is 14.8 Å². The molecule has 2 aromatic carbocycles. The zero-order valence-corrected chi connectivity index (χ0v) is 12.8. The number of para-hydroxylation sites is 1. The predicted molar refractivity (Wildman–Crippen MR) is 91.2 cm³/mol. The molecule has 2 aromatic heterocycles. The monoisotopic (exact) mass is 306 g/mol. The molecule has 4 rings (SSSR count). The van der Waals surface area contributed by atoms with Gasteiger partial charge < -0.3 is 5.32 Å². The van der Waals surface area contributed by atoms with Crippen LogP contribution in [-0.4, -0.2) is 14.8 Å². The Morgan fingerprint density at radius 3 is 2.55 bits per heavy atom. The Bertz CT molecular complexity index is 907. The molecule has 4 nitrogen and oxygen atoms in total. The minimum Gasteiger partial charge on any atom is -0.331 e. The average molecular weight is 306 g/mol. The van der Waals surface area contributed by atoms with Gasteiger partial charge in [0.25, 0.3) is 0 Å². The Balaban J connectivity index is 1.70. The molecule has 0 aliphatic rings. The molecule has 2 heterocycles. The van der Waals surface area contributed by atoms with Crippen molar-refractivity contribution in [2.45, 2.75) is 6.92 Å². The summed E-state index contributed by atoms with van der Waals surface area (Å²) in [7, 11) is 0. The molecule has 0 aliphatic heterocycles. The smallest absolute Gasteiger partial charge is 0.189 e. The van der Waals surface area contributed by atoms with Crippen LogP contribution < -0.4 is 5.32 Å². The maximum Gasteiger partial charge on any atom is 0.189 e. The van der Waals surface area contributed by atoms with E-state index in [-0.39, 0.29) is 0 Å². The maximum absolute atomic E-state index is 4.67. The summed E-state index contributed by atoms with van der Waals surface area (Å²) in [6.45, 7) is 2.08. The van der Waals surface area contributed by atoms with Crippen molar-refractivity contribution in [3.8, 4) is 5.69 Å². The van der Waals surface area contributed by atoms with Crippen molar-refractivity contribution in [3.05, 3.63) is 66.4 Å². The lowest BCUT2D eigenvalue weighted by molar-refractivity contribution is 0.898. The number of rotatable bonds is 3. The van der Waals surface area contributed by atoms with Crippen LogP contribution in [0.2, 0.25) is 0 Å². The van der Waals surface area contributed by atoms with Gasteiger partial charge in [-0.15, -0.1) is 0 Å². The molecule has 0 saturated heterocycles. The number of nitrogens with zero attached hydrogens (tertiary/aromatic N) is 3. The van der Waals surface area contributed by atoms with E-state index in [1.807, 2.05) is 41.2 Å². The lowest BCUT2D eigenvalue weighted by Crippen LogP contribution is -1.96. The van der Waals surface area contributed by atoms with Crippen LogP contribution in [0.4, 0.5) is 10.8 Å². The molecular weight excluding hydrogens is 292 g/mol. The number of aryl methyl sites for hydroxylation is 1. The van der Waals surface area contributed by atoms with Crippen LogP contribution in [0.1, 0.15) is 5.56 Å². The topological polar surface area (TPSA) is 42.7 Å². The van der Waals surface area contributed by atoms with Crippen molar-refractivity contribution in [2.75, 3.05) is 5.32 Å². The Morgan fingerprint density at radius 1 is 1.00 bits per heavy atom. The lowest BCUT2D eigenvalue weighted by atomic mass is 10.2. The fourth-order valence-corrected chi connectivity index (χ4v) is 3.13. The zero-order chi connectivity index (χ0) is 14.9. The summed E-state index contributed by atoms with van der Waals surface area (Å²) in [5, 5.41) is 8.65. The Labute approximate surface area is 132 Å². The van der Waals surface area contributed by atoms with Crippen molar-refractivity contribution in [1.29, 1.82) is 0 Å². The summed E-state index contributed by atoms with van der Waals surface area (Å²) in [5.74, 6) is 0. The summed E-state index contributed by atoms with van der Waals surface area (Å²) in [6, 6.07) is 18.3. The Hall–Kier alpha value is -2.66. The van der Waals surface area contributed by atoms with E-state index in [0.29, 0.717) is 0 Å². The first kappa shape index (κ1) is 13.0. The highest BCUT2D eigenvalue weighted by atomic mass is 32.1. The quantitative estimate of drug-likeness (QED) is 0.604. The summed E-state index contributed by atoms with van der Waals surface area (Å²) in [4.78, 5) is 4.67. The second-order valence-corrected chi connectivity index (χ2v) is 6.12. The van der Waals surface area contributed by atoms with Crippen molar-refractivity contribution >= 4 is 32.5 Å². The first-order valence-electron chi connectivity index (χ1n) is 7.03. The van der Waals surface area contributed by atoms with Gasteiger partial charge in [0.2, 0.25) is 0 Å². The summed E-state index contributed by atoms with van der Waals surface area (Å²) < 4.78 is 2.94. The molecule has 22 heavy (non-hydrogen) atoms. The predicted octanol–water partition coefficient (Wildman–Crippen LogP) is 4.53. The third-order valence-corrected chi connectivity index (χ3v) is 4.32. The number of hydrogen-bond donors (Lipinski definition) is 1. The molecule has 0 fully saturated rings. The highest BCUT2D eigenvalue weighted by Gasteiger charge is 2.11. The largest absolute Gasteiger partial charge is 0.331 e. The fourth-order valence-electron chi connectivity index (χ4n) is 2.30. The van der Waals surface area contributed by atoms with Crippen molar-refractivity contribution < 1.29 is 0 Å². The average Bonchev–Trinajstić information content (AvgIpc) is 3.10. The number of hydrogen-bond acceptors (Lipinski definition) is 4. The van der Waals surface area contributed by atoms with E-state index in [4.69, 9.17) is 0 Å². The van der Waals surface area contributed by atoms with E-state index in [2.05, 4.69) is 46.6 Å². The molecule has 0 bridgehead atoms. The van der Waals surface area contributed by atoms with Gasteiger partial charge in [0.15, 0.2) is 10.8 Å². The molecular formula is C17H14N4S. The summed E-state index contributed by atoms with van der Waals surface area (Å²) >= 11 is 1.61. The fraction of sp³-hybridized carbons (Fsp3) is 0.0588. The highest BCUT2D eigenvalue weighted by Crippen LogP contribution is 2.29. The van der Waals surface area contributed by atoms with Gasteiger partial charge in [0.1, 0.15) is 0 Å². The maximum atomic E-state index is 4.67. The number of fused-ring (bicyclic) bond motifs is 1. The first-order chi connectivity index (χ1) is 10.8. The Kier molecular flexibility index (Phi) is 3.12. The summed E-state index contributed by atoms with van der Waals surface area (Å²) in [6.07, 6.45) is 1.86. The minimum atomic E-state index is 0.876. The molecule has 0 saturated carbocycles. The molecule has 0 atom stereocenters. The number of aromatic nitrogens is 3. The van der Waals surface area contributed by atoms with Gasteiger partial charge in [-0.2, -0.15) is 10.1 Å². The third kappa shape index (κ3) is 2.35. The van der Waals surface area contributed by atoms with Gasteiger partial charge in [0.05, 0.1) is 16.6 Å². The van der Waals surface area contributed by atoms with Crippen molar-refractivity contribution in [2.24, 2.45) is 0 Å². The summed E-state index contributed by atoms with van der Waals surface area (Å²) in [5.41, 5.74) is 4.19. The van der Waals surface area contributed by atoms with Crippen LogP contribution >= 0.6 is 11.3 Å². The molecule has 108 valence electrons. The molecule has 4 aromatic rings. The van der Waals surface area contributed by atoms with Crippen LogP contribution in [-0.2, 0) is 0 Å². The van der Waals surface area contributed by atoms with E-state index in [9.17, 15) is 0 Å². The zero-order valence-electron chi connectivity index (χ0n) is 12.0. The van der Waals surface area contributed by atoms with Crippen LogP contribution in [0.25, 0.3) is 16.0 Å². The molecule has 1 N–H and O–H groups in total. The number of anilines is 2. The Morgan fingerprint density at radius 2 is 1.77 bits per heavy atom. The molecule has 5 heteroatoms. The highest BCUT2D eigenvalue weighted by molar-refractivity contribution is 7.22. The van der Waals surface area contributed by atoms with Gasteiger partial charge in [-0.3, -0.25) is 0 Å². The normalized spacial score (nSPS) is 11.0.